The first-order valence-corrected chi connectivity index (χ1v) is 8.45. The van der Waals surface area contributed by atoms with Gasteiger partial charge in [0, 0.05) is 39.7 Å². The molecule has 1 unspecified atom stereocenters. The molecule has 2 rings (SSSR count). The Hall–Kier alpha value is -1.25. The first kappa shape index (κ1) is 17.1. The van der Waals surface area contributed by atoms with Crippen LogP contribution in [0.25, 0.3) is 0 Å². The summed E-state index contributed by atoms with van der Waals surface area (Å²) in [6.45, 7) is 4.38. The van der Waals surface area contributed by atoms with E-state index in [2.05, 4.69) is 21.1 Å². The lowest BCUT2D eigenvalue weighted by atomic mass is 10.1. The molecule has 0 bridgehead atoms. The number of guanidine groups is 1. The van der Waals surface area contributed by atoms with Gasteiger partial charge in [-0.3, -0.25) is 4.99 Å². The molecule has 0 amide bonds. The van der Waals surface area contributed by atoms with Gasteiger partial charge in [0.25, 0.3) is 0 Å². The van der Waals surface area contributed by atoms with Gasteiger partial charge in [0.1, 0.15) is 0 Å². The van der Waals surface area contributed by atoms with E-state index in [1.54, 1.807) is 0 Å². The Bertz CT molecular complexity index is 378. The maximum absolute atomic E-state index is 6.04. The van der Waals surface area contributed by atoms with E-state index in [4.69, 9.17) is 15.9 Å². The SMILES string of the molecule is C#CCCNC(=NC)N1CCC(OCC2CCCCO2)CC1. The number of rotatable bonds is 5. The first-order valence-electron chi connectivity index (χ1n) is 8.45. The van der Waals surface area contributed by atoms with E-state index in [1.165, 1.54) is 12.8 Å². The Kier molecular flexibility index (Phi) is 7.55. The third kappa shape index (κ3) is 5.51. The minimum atomic E-state index is 0.310. The van der Waals surface area contributed by atoms with Gasteiger partial charge in [-0.25, -0.2) is 0 Å². The van der Waals surface area contributed by atoms with Crippen LogP contribution in [0, 0.1) is 12.3 Å². The summed E-state index contributed by atoms with van der Waals surface area (Å²) in [5.41, 5.74) is 0. The molecule has 124 valence electrons. The molecule has 1 atom stereocenters. The van der Waals surface area contributed by atoms with E-state index < -0.39 is 0 Å². The van der Waals surface area contributed by atoms with Crippen molar-refractivity contribution in [3.8, 4) is 12.3 Å². The van der Waals surface area contributed by atoms with Crippen LogP contribution in [-0.4, -0.2) is 63.0 Å². The van der Waals surface area contributed by atoms with Crippen molar-refractivity contribution < 1.29 is 9.47 Å². The molecule has 2 saturated heterocycles. The molecule has 2 heterocycles. The van der Waals surface area contributed by atoms with Gasteiger partial charge < -0.3 is 19.7 Å². The summed E-state index contributed by atoms with van der Waals surface area (Å²) in [5.74, 6) is 3.59. The van der Waals surface area contributed by atoms with Crippen LogP contribution in [0.5, 0.6) is 0 Å². The molecule has 2 aliphatic heterocycles. The summed E-state index contributed by atoms with van der Waals surface area (Å²) >= 11 is 0. The van der Waals surface area contributed by atoms with Crippen LogP contribution in [0.1, 0.15) is 38.5 Å². The Morgan fingerprint density at radius 3 is 2.82 bits per heavy atom. The van der Waals surface area contributed by atoms with Crippen molar-refractivity contribution in [1.82, 2.24) is 10.2 Å². The van der Waals surface area contributed by atoms with Crippen LogP contribution < -0.4 is 5.32 Å². The first-order chi connectivity index (χ1) is 10.8. The molecule has 0 saturated carbocycles. The molecule has 0 spiro atoms. The topological polar surface area (TPSA) is 46.1 Å². The van der Waals surface area contributed by atoms with Crippen LogP contribution >= 0.6 is 0 Å². The van der Waals surface area contributed by atoms with Crippen molar-refractivity contribution in [3.63, 3.8) is 0 Å². The van der Waals surface area contributed by atoms with Crippen molar-refractivity contribution in [2.45, 2.75) is 50.7 Å². The van der Waals surface area contributed by atoms with Gasteiger partial charge in [-0.15, -0.1) is 12.3 Å². The fourth-order valence-electron chi connectivity index (χ4n) is 3.00. The van der Waals surface area contributed by atoms with Crippen molar-refractivity contribution in [2.75, 3.05) is 39.9 Å². The Morgan fingerprint density at radius 2 is 2.18 bits per heavy atom. The third-order valence-corrected chi connectivity index (χ3v) is 4.30. The molecule has 0 aromatic carbocycles. The number of terminal acetylenes is 1. The zero-order valence-electron chi connectivity index (χ0n) is 13.7. The molecule has 0 radical (unpaired) electrons. The van der Waals surface area contributed by atoms with Crippen molar-refractivity contribution in [3.05, 3.63) is 0 Å². The maximum Gasteiger partial charge on any atom is 0.193 e. The van der Waals surface area contributed by atoms with E-state index in [0.29, 0.717) is 12.2 Å². The minimum absolute atomic E-state index is 0.310. The van der Waals surface area contributed by atoms with E-state index in [9.17, 15) is 0 Å². The highest BCUT2D eigenvalue weighted by molar-refractivity contribution is 5.79. The second kappa shape index (κ2) is 9.70. The van der Waals surface area contributed by atoms with Gasteiger partial charge in [-0.1, -0.05) is 0 Å². The lowest BCUT2D eigenvalue weighted by Crippen LogP contribution is -2.47. The summed E-state index contributed by atoms with van der Waals surface area (Å²) in [7, 11) is 1.82. The molecular weight excluding hydrogens is 278 g/mol. The molecule has 1 N–H and O–H groups in total. The third-order valence-electron chi connectivity index (χ3n) is 4.30. The lowest BCUT2D eigenvalue weighted by Gasteiger charge is -2.35. The number of nitrogens with one attached hydrogen (secondary N) is 1. The van der Waals surface area contributed by atoms with Gasteiger partial charge in [0.2, 0.25) is 0 Å². The number of likely N-dealkylation sites (tertiary alicyclic amines) is 1. The molecule has 5 heteroatoms. The summed E-state index contributed by atoms with van der Waals surface area (Å²) in [4.78, 5) is 6.62. The fraction of sp³-hybridized carbons (Fsp3) is 0.824. The highest BCUT2D eigenvalue weighted by Crippen LogP contribution is 2.17. The predicted molar refractivity (Wildman–Crippen MR) is 88.9 cm³/mol. The average molecular weight is 307 g/mol. The maximum atomic E-state index is 6.04. The number of nitrogens with zero attached hydrogens (tertiary/aromatic N) is 2. The molecule has 2 fully saturated rings. The molecule has 5 nitrogen and oxygen atoms in total. The van der Waals surface area contributed by atoms with Crippen LogP contribution in [0.15, 0.2) is 4.99 Å². The van der Waals surface area contributed by atoms with Crippen molar-refractivity contribution >= 4 is 5.96 Å². The van der Waals surface area contributed by atoms with E-state index >= 15 is 0 Å². The van der Waals surface area contributed by atoms with E-state index in [0.717, 1.165) is 64.5 Å². The molecule has 0 aromatic heterocycles. The van der Waals surface area contributed by atoms with Gasteiger partial charge in [0.15, 0.2) is 5.96 Å². The monoisotopic (exact) mass is 307 g/mol. The van der Waals surface area contributed by atoms with Crippen molar-refractivity contribution in [2.24, 2.45) is 4.99 Å². The van der Waals surface area contributed by atoms with Crippen LogP contribution in [0.2, 0.25) is 0 Å². The van der Waals surface area contributed by atoms with Gasteiger partial charge in [-0.05, 0) is 32.1 Å². The largest absolute Gasteiger partial charge is 0.376 e. The standard InChI is InChI=1S/C17H29N3O2/c1-3-4-10-19-17(18-2)20-11-8-15(9-12-20)22-14-16-7-5-6-13-21-16/h1,15-16H,4-14H2,2H3,(H,18,19). The number of hydrogen-bond donors (Lipinski definition) is 1. The van der Waals surface area contributed by atoms with Gasteiger partial charge >= 0.3 is 0 Å². The number of aliphatic imine (C=N–C) groups is 1. The van der Waals surface area contributed by atoms with Crippen LogP contribution in [0.3, 0.4) is 0 Å². The summed E-state index contributed by atoms with van der Waals surface area (Å²) in [6.07, 6.45) is 12.4. The summed E-state index contributed by atoms with van der Waals surface area (Å²) in [6, 6.07) is 0. The van der Waals surface area contributed by atoms with E-state index in [1.807, 2.05) is 7.05 Å². The highest BCUT2D eigenvalue weighted by Gasteiger charge is 2.23. The molecule has 0 aromatic rings. The zero-order valence-corrected chi connectivity index (χ0v) is 13.7. The second-order valence-corrected chi connectivity index (χ2v) is 5.94. The molecule has 0 aliphatic carbocycles. The molecule has 2 aliphatic rings. The number of ether oxygens (including phenoxy) is 2. The zero-order chi connectivity index (χ0) is 15.6. The number of piperidine rings is 1. The second-order valence-electron chi connectivity index (χ2n) is 5.94. The Balaban J connectivity index is 1.65. The van der Waals surface area contributed by atoms with Crippen LogP contribution in [-0.2, 0) is 9.47 Å². The van der Waals surface area contributed by atoms with Gasteiger partial charge in [0.05, 0.1) is 18.8 Å². The van der Waals surface area contributed by atoms with Gasteiger partial charge in [-0.2, -0.15) is 0 Å². The Labute approximate surface area is 134 Å². The van der Waals surface area contributed by atoms with Crippen molar-refractivity contribution in [1.29, 1.82) is 0 Å². The lowest BCUT2D eigenvalue weighted by molar-refractivity contribution is -0.0721. The smallest absolute Gasteiger partial charge is 0.193 e. The summed E-state index contributed by atoms with van der Waals surface area (Å²) < 4.78 is 11.8. The van der Waals surface area contributed by atoms with Crippen LogP contribution in [0.4, 0.5) is 0 Å². The summed E-state index contributed by atoms with van der Waals surface area (Å²) in [5, 5.41) is 3.31. The average Bonchev–Trinajstić information content (AvgIpc) is 2.59. The Morgan fingerprint density at radius 1 is 1.36 bits per heavy atom. The van der Waals surface area contributed by atoms with E-state index in [-0.39, 0.29) is 0 Å². The fourth-order valence-corrected chi connectivity index (χ4v) is 3.00. The molecular formula is C17H29N3O2. The molecule has 22 heavy (non-hydrogen) atoms. The number of hydrogen-bond acceptors (Lipinski definition) is 3. The quantitative estimate of drug-likeness (QED) is 0.363. The predicted octanol–water partition coefficient (Wildman–Crippen LogP) is 1.64. The highest BCUT2D eigenvalue weighted by atomic mass is 16.5. The normalized spacial score (nSPS) is 24.1. The minimum Gasteiger partial charge on any atom is -0.376 e.